The van der Waals surface area contributed by atoms with E-state index in [0.29, 0.717) is 6.61 Å². The van der Waals surface area contributed by atoms with E-state index in [1.165, 1.54) is 0 Å². The molecule has 2 radical (unpaired) electrons. The number of cyclic esters (lactones) is 1. The van der Waals surface area contributed by atoms with Crippen LogP contribution in [-0.4, -0.2) is 37.9 Å². The minimum atomic E-state index is -0.265. The summed E-state index contributed by atoms with van der Waals surface area (Å²) in [7, 11) is 5.63. The fourth-order valence-electron chi connectivity index (χ4n) is 1.25. The molecule has 1 amide bonds. The van der Waals surface area contributed by atoms with Crippen LogP contribution in [0.4, 0.5) is 4.79 Å². The van der Waals surface area contributed by atoms with E-state index in [1.54, 1.807) is 4.90 Å². The van der Waals surface area contributed by atoms with Crippen LogP contribution in [0, 0.1) is 0 Å². The average molecular weight is 167 g/mol. The summed E-state index contributed by atoms with van der Waals surface area (Å²) in [5.74, 6) is -0.227. The van der Waals surface area contributed by atoms with Gasteiger partial charge in [-0.3, -0.25) is 0 Å². The maximum Gasteiger partial charge on any atom is 0.409 e. The van der Waals surface area contributed by atoms with Crippen LogP contribution in [0.15, 0.2) is 0 Å². The Morgan fingerprint density at radius 1 is 1.67 bits per heavy atom. The van der Waals surface area contributed by atoms with Crippen LogP contribution in [-0.2, 0) is 4.74 Å². The van der Waals surface area contributed by atoms with Gasteiger partial charge in [-0.2, -0.15) is 0 Å². The van der Waals surface area contributed by atoms with E-state index in [9.17, 15) is 4.79 Å². The highest BCUT2D eigenvalue weighted by Gasteiger charge is 2.27. The third kappa shape index (κ3) is 2.16. The summed E-state index contributed by atoms with van der Waals surface area (Å²) in [6.45, 7) is 3.20. The van der Waals surface area contributed by atoms with Crippen LogP contribution >= 0.6 is 0 Å². The van der Waals surface area contributed by atoms with Crippen LogP contribution in [0.5, 0.6) is 0 Å². The second kappa shape index (κ2) is 4.38. The largest absolute Gasteiger partial charge is 0.448 e. The molecule has 0 N–H and O–H groups in total. The summed E-state index contributed by atoms with van der Waals surface area (Å²) in [5, 5.41) is 0. The number of hydrogen-bond acceptors (Lipinski definition) is 2. The van der Waals surface area contributed by atoms with Gasteiger partial charge in [0.25, 0.3) is 0 Å². The molecular formula is C8H14BNO2. The summed E-state index contributed by atoms with van der Waals surface area (Å²) >= 11 is 0. The number of rotatable bonds is 4. The number of ether oxygens (including phenoxy) is 1. The lowest BCUT2D eigenvalue weighted by Gasteiger charge is -2.17. The van der Waals surface area contributed by atoms with Gasteiger partial charge in [0.15, 0.2) is 0 Å². The molecule has 1 saturated heterocycles. The molecule has 1 heterocycles. The molecule has 1 unspecified atom stereocenters. The molecule has 1 fully saturated rings. The molecule has 4 heteroatoms. The molecule has 0 aliphatic carbocycles. The van der Waals surface area contributed by atoms with E-state index in [1.807, 2.05) is 0 Å². The summed E-state index contributed by atoms with van der Waals surface area (Å²) in [6.07, 6.45) is 3.03. The van der Waals surface area contributed by atoms with Gasteiger partial charge in [0.2, 0.25) is 0 Å². The van der Waals surface area contributed by atoms with Crippen LogP contribution in [0.2, 0.25) is 0 Å². The Balaban J connectivity index is 2.25. The lowest BCUT2D eigenvalue weighted by Crippen LogP contribution is -2.34. The molecule has 12 heavy (non-hydrogen) atoms. The molecule has 1 aliphatic rings. The van der Waals surface area contributed by atoms with E-state index >= 15 is 0 Å². The lowest BCUT2D eigenvalue weighted by molar-refractivity contribution is 0.158. The molecule has 3 nitrogen and oxygen atoms in total. The standard InChI is InChI=1S/C8H14BNO2/c1-2-3-4-5-10-7(9)6-12-8(10)11/h7H,2-6H2,1H3. The van der Waals surface area contributed by atoms with E-state index in [0.717, 1.165) is 25.8 Å². The predicted molar refractivity (Wildman–Crippen MR) is 47.1 cm³/mol. The van der Waals surface area contributed by atoms with Crippen molar-refractivity contribution < 1.29 is 9.53 Å². The molecule has 0 spiro atoms. The maximum absolute atomic E-state index is 11.0. The number of carbonyl (C=O) groups is 1. The summed E-state index contributed by atoms with van der Waals surface area (Å²) in [4.78, 5) is 12.6. The van der Waals surface area contributed by atoms with Crippen molar-refractivity contribution in [2.75, 3.05) is 13.2 Å². The van der Waals surface area contributed by atoms with Crippen molar-refractivity contribution in [2.24, 2.45) is 0 Å². The van der Waals surface area contributed by atoms with Crippen molar-refractivity contribution in [3.63, 3.8) is 0 Å². The maximum atomic E-state index is 11.0. The Hall–Kier alpha value is -0.665. The Morgan fingerprint density at radius 3 is 2.92 bits per heavy atom. The van der Waals surface area contributed by atoms with Crippen LogP contribution in [0.1, 0.15) is 26.2 Å². The molecule has 66 valence electrons. The van der Waals surface area contributed by atoms with Crippen molar-refractivity contribution in [1.82, 2.24) is 4.90 Å². The van der Waals surface area contributed by atoms with Gasteiger partial charge in [-0.25, -0.2) is 4.79 Å². The molecule has 1 rings (SSSR count). The average Bonchev–Trinajstić information content (AvgIpc) is 2.35. The predicted octanol–water partition coefficient (Wildman–Crippen LogP) is 1.12. The van der Waals surface area contributed by atoms with Crippen molar-refractivity contribution in [3.8, 4) is 0 Å². The minimum Gasteiger partial charge on any atom is -0.448 e. The first-order chi connectivity index (χ1) is 5.75. The van der Waals surface area contributed by atoms with Gasteiger partial charge < -0.3 is 9.64 Å². The number of hydrogen-bond donors (Lipinski definition) is 0. The summed E-state index contributed by atoms with van der Waals surface area (Å²) in [6, 6.07) is 0. The SMILES string of the molecule is [B]C1COC(=O)N1CCCCC. The van der Waals surface area contributed by atoms with Crippen molar-refractivity contribution in [1.29, 1.82) is 0 Å². The second-order valence-electron chi connectivity index (χ2n) is 3.04. The summed E-state index contributed by atoms with van der Waals surface area (Å²) in [5.41, 5.74) is 0. The number of carbonyl (C=O) groups excluding carboxylic acids is 1. The van der Waals surface area contributed by atoms with Gasteiger partial charge >= 0.3 is 6.09 Å². The van der Waals surface area contributed by atoms with E-state index in [-0.39, 0.29) is 12.0 Å². The van der Waals surface area contributed by atoms with Crippen LogP contribution < -0.4 is 0 Å². The molecule has 1 atom stereocenters. The van der Waals surface area contributed by atoms with Gasteiger partial charge in [0.1, 0.15) is 14.5 Å². The van der Waals surface area contributed by atoms with Gasteiger partial charge in [0.05, 0.1) is 0 Å². The zero-order chi connectivity index (χ0) is 8.97. The van der Waals surface area contributed by atoms with Crippen molar-refractivity contribution in [3.05, 3.63) is 0 Å². The molecule has 1 aliphatic heterocycles. The van der Waals surface area contributed by atoms with Gasteiger partial charge in [-0.15, -0.1) is 0 Å². The molecule has 0 saturated carbocycles. The highest BCUT2D eigenvalue weighted by molar-refractivity contribution is 6.13. The van der Waals surface area contributed by atoms with E-state index in [4.69, 9.17) is 12.6 Å². The first-order valence-electron chi connectivity index (χ1n) is 4.44. The third-order valence-corrected chi connectivity index (χ3v) is 2.01. The van der Waals surface area contributed by atoms with Gasteiger partial charge in [0, 0.05) is 12.5 Å². The molecule has 0 bridgehead atoms. The fraction of sp³-hybridized carbons (Fsp3) is 0.875. The highest BCUT2D eigenvalue weighted by atomic mass is 16.6. The number of amides is 1. The Morgan fingerprint density at radius 2 is 2.42 bits per heavy atom. The van der Waals surface area contributed by atoms with Crippen molar-refractivity contribution in [2.45, 2.75) is 32.1 Å². The molecule has 0 aromatic heterocycles. The lowest BCUT2D eigenvalue weighted by atomic mass is 9.96. The molecular weight excluding hydrogens is 153 g/mol. The molecule has 0 aromatic carbocycles. The monoisotopic (exact) mass is 167 g/mol. The van der Waals surface area contributed by atoms with Crippen LogP contribution in [0.3, 0.4) is 0 Å². The van der Waals surface area contributed by atoms with Crippen LogP contribution in [0.25, 0.3) is 0 Å². The Kier molecular flexibility index (Phi) is 3.44. The number of unbranched alkanes of at least 4 members (excludes halogenated alkanes) is 2. The number of nitrogens with zero attached hydrogens (tertiary/aromatic N) is 1. The third-order valence-electron chi connectivity index (χ3n) is 2.01. The quantitative estimate of drug-likeness (QED) is 0.463. The topological polar surface area (TPSA) is 29.5 Å². The van der Waals surface area contributed by atoms with Crippen molar-refractivity contribution >= 4 is 13.9 Å². The summed E-state index contributed by atoms with van der Waals surface area (Å²) < 4.78 is 4.77. The van der Waals surface area contributed by atoms with Gasteiger partial charge in [-0.05, 0) is 6.42 Å². The second-order valence-corrected chi connectivity index (χ2v) is 3.04. The zero-order valence-corrected chi connectivity index (χ0v) is 7.45. The first-order valence-corrected chi connectivity index (χ1v) is 4.44. The van der Waals surface area contributed by atoms with E-state index in [2.05, 4.69) is 6.92 Å². The molecule has 0 aromatic rings. The zero-order valence-electron chi connectivity index (χ0n) is 7.45. The minimum absolute atomic E-state index is 0.227. The van der Waals surface area contributed by atoms with Gasteiger partial charge in [-0.1, -0.05) is 19.8 Å². The smallest absolute Gasteiger partial charge is 0.409 e. The van der Waals surface area contributed by atoms with E-state index < -0.39 is 0 Å². The first kappa shape index (κ1) is 9.42. The Labute approximate surface area is 74.5 Å². The normalized spacial score (nSPS) is 22.9. The Bertz CT molecular complexity index is 163. The fourth-order valence-corrected chi connectivity index (χ4v) is 1.25. The highest BCUT2D eigenvalue weighted by Crippen LogP contribution is 2.10.